The van der Waals surface area contributed by atoms with Crippen LogP contribution in [-0.2, 0) is 9.16 Å². The SMILES string of the molecule is CCCCCCCCOC(=O)N=NC(=O)O[SiH](C)C. The number of nitrogens with zero attached hydrogens (tertiary/aromatic N) is 2. The maximum absolute atomic E-state index is 11.1. The fourth-order valence-electron chi connectivity index (χ4n) is 1.38. The van der Waals surface area contributed by atoms with Gasteiger partial charge in [0.1, 0.15) is 0 Å². The summed E-state index contributed by atoms with van der Waals surface area (Å²) >= 11 is 0. The van der Waals surface area contributed by atoms with Crippen LogP contribution in [0.15, 0.2) is 10.2 Å². The lowest BCUT2D eigenvalue weighted by atomic mass is 10.1. The molecule has 2 amide bonds. The van der Waals surface area contributed by atoms with E-state index in [9.17, 15) is 9.59 Å². The topological polar surface area (TPSA) is 77.3 Å². The normalized spacial score (nSPS) is 10.9. The van der Waals surface area contributed by atoms with Gasteiger partial charge < -0.3 is 9.16 Å². The number of carbonyl (C=O) groups is 2. The molecular formula is C12H24N2O4Si. The Bertz CT molecular complexity index is 295. The molecule has 0 aliphatic carbocycles. The van der Waals surface area contributed by atoms with E-state index in [-0.39, 0.29) is 0 Å². The number of ether oxygens (including phenoxy) is 1. The van der Waals surface area contributed by atoms with Gasteiger partial charge in [-0.25, -0.2) is 9.59 Å². The van der Waals surface area contributed by atoms with Crippen molar-refractivity contribution in [2.45, 2.75) is 58.5 Å². The second-order valence-corrected chi connectivity index (χ2v) is 6.85. The van der Waals surface area contributed by atoms with Gasteiger partial charge in [0.05, 0.1) is 6.61 Å². The van der Waals surface area contributed by atoms with Crippen LogP contribution in [0.2, 0.25) is 13.1 Å². The van der Waals surface area contributed by atoms with Crippen LogP contribution in [-0.4, -0.2) is 27.8 Å². The third-order valence-corrected chi connectivity index (χ3v) is 2.95. The number of amides is 2. The van der Waals surface area contributed by atoms with E-state index in [0.717, 1.165) is 19.3 Å². The van der Waals surface area contributed by atoms with Crippen LogP contribution in [0.4, 0.5) is 9.59 Å². The first-order valence-corrected chi connectivity index (χ1v) is 9.63. The van der Waals surface area contributed by atoms with Crippen LogP contribution in [0.3, 0.4) is 0 Å². The Morgan fingerprint density at radius 3 is 2.16 bits per heavy atom. The van der Waals surface area contributed by atoms with Crippen LogP contribution in [0.25, 0.3) is 0 Å². The predicted octanol–water partition coefficient (Wildman–Crippen LogP) is 4.06. The van der Waals surface area contributed by atoms with Crippen molar-refractivity contribution in [2.75, 3.05) is 6.61 Å². The monoisotopic (exact) mass is 288 g/mol. The molecule has 0 unspecified atom stereocenters. The van der Waals surface area contributed by atoms with E-state index < -0.39 is 21.2 Å². The number of carbonyl (C=O) groups excluding carboxylic acids is 2. The van der Waals surface area contributed by atoms with Gasteiger partial charge in [-0.2, -0.15) is 0 Å². The third-order valence-electron chi connectivity index (χ3n) is 2.27. The highest BCUT2D eigenvalue weighted by atomic mass is 28.3. The van der Waals surface area contributed by atoms with Crippen molar-refractivity contribution in [3.8, 4) is 0 Å². The lowest BCUT2D eigenvalue weighted by Gasteiger charge is -2.02. The van der Waals surface area contributed by atoms with Crippen molar-refractivity contribution in [3.63, 3.8) is 0 Å². The first kappa shape index (κ1) is 17.8. The molecule has 7 heteroatoms. The lowest BCUT2D eigenvalue weighted by Crippen LogP contribution is -2.11. The van der Waals surface area contributed by atoms with Crippen LogP contribution in [0, 0.1) is 0 Å². The zero-order chi connectivity index (χ0) is 14.5. The standard InChI is InChI=1S/C12H24N2O4Si/c1-4-5-6-7-8-9-10-17-11(15)13-14-12(16)18-19(2)3/h19H,4-10H2,1-3H3. The molecule has 0 aromatic heterocycles. The fourth-order valence-corrected chi connectivity index (χ4v) is 1.83. The van der Waals surface area contributed by atoms with Gasteiger partial charge in [0.25, 0.3) is 0 Å². The molecule has 0 radical (unpaired) electrons. The van der Waals surface area contributed by atoms with Crippen molar-refractivity contribution < 1.29 is 18.8 Å². The van der Waals surface area contributed by atoms with Gasteiger partial charge in [0, 0.05) is 0 Å². The number of hydrogen-bond acceptors (Lipinski definition) is 4. The van der Waals surface area contributed by atoms with Crippen molar-refractivity contribution in [2.24, 2.45) is 10.2 Å². The molecule has 19 heavy (non-hydrogen) atoms. The molecule has 0 atom stereocenters. The Morgan fingerprint density at radius 2 is 1.53 bits per heavy atom. The van der Waals surface area contributed by atoms with E-state index in [1.165, 1.54) is 19.3 Å². The molecule has 0 spiro atoms. The molecule has 0 aromatic carbocycles. The summed E-state index contributed by atoms with van der Waals surface area (Å²) in [5.41, 5.74) is 0. The average Bonchev–Trinajstić information content (AvgIpc) is 2.34. The van der Waals surface area contributed by atoms with E-state index in [2.05, 4.69) is 17.2 Å². The van der Waals surface area contributed by atoms with Gasteiger partial charge in [-0.1, -0.05) is 49.3 Å². The molecule has 0 aromatic rings. The Balaban J connectivity index is 3.53. The first-order valence-electron chi connectivity index (χ1n) is 6.85. The van der Waals surface area contributed by atoms with Crippen molar-refractivity contribution in [3.05, 3.63) is 0 Å². The molecule has 0 aliphatic heterocycles. The van der Waals surface area contributed by atoms with E-state index in [1.807, 2.05) is 13.1 Å². The summed E-state index contributed by atoms with van der Waals surface area (Å²) in [4.78, 5) is 22.1. The number of unbranched alkanes of at least 4 members (excludes halogenated alkanes) is 5. The molecule has 0 rings (SSSR count). The zero-order valence-corrected chi connectivity index (χ0v) is 13.2. The second-order valence-electron chi connectivity index (χ2n) is 4.51. The Labute approximate surface area is 116 Å². The Morgan fingerprint density at radius 1 is 0.947 bits per heavy atom. The van der Waals surface area contributed by atoms with Crippen molar-refractivity contribution >= 4 is 21.2 Å². The molecule has 0 bridgehead atoms. The minimum Gasteiger partial charge on any atom is -0.504 e. The van der Waals surface area contributed by atoms with Crippen molar-refractivity contribution in [1.29, 1.82) is 0 Å². The minimum atomic E-state index is -1.49. The molecular weight excluding hydrogens is 264 g/mol. The molecule has 0 saturated heterocycles. The van der Waals surface area contributed by atoms with E-state index in [0.29, 0.717) is 6.61 Å². The van der Waals surface area contributed by atoms with Gasteiger partial charge in [-0.05, 0) is 19.5 Å². The maximum atomic E-state index is 11.1. The van der Waals surface area contributed by atoms with Gasteiger partial charge in [0.15, 0.2) is 0 Å². The summed E-state index contributed by atoms with van der Waals surface area (Å²) in [7, 11) is -1.49. The van der Waals surface area contributed by atoms with Crippen LogP contribution >= 0.6 is 0 Å². The smallest absolute Gasteiger partial charge is 0.452 e. The lowest BCUT2D eigenvalue weighted by molar-refractivity contribution is 0.151. The predicted molar refractivity (Wildman–Crippen MR) is 74.9 cm³/mol. The Hall–Kier alpha value is -1.24. The van der Waals surface area contributed by atoms with Crippen LogP contribution in [0.5, 0.6) is 0 Å². The highest BCUT2D eigenvalue weighted by Gasteiger charge is 2.06. The fraction of sp³-hybridized carbons (Fsp3) is 0.833. The van der Waals surface area contributed by atoms with E-state index in [4.69, 9.17) is 9.16 Å². The summed E-state index contributed by atoms with van der Waals surface area (Å²) in [5.74, 6) is 0. The molecule has 0 heterocycles. The number of hydrogen-bond donors (Lipinski definition) is 0. The van der Waals surface area contributed by atoms with E-state index >= 15 is 0 Å². The molecule has 6 nitrogen and oxygen atoms in total. The summed E-state index contributed by atoms with van der Waals surface area (Å²) in [6.45, 7) is 6.13. The maximum Gasteiger partial charge on any atom is 0.452 e. The molecule has 0 aliphatic rings. The highest BCUT2D eigenvalue weighted by Crippen LogP contribution is 2.05. The zero-order valence-electron chi connectivity index (χ0n) is 12.1. The molecule has 0 N–H and O–H groups in total. The largest absolute Gasteiger partial charge is 0.504 e. The Kier molecular flexibility index (Phi) is 11.1. The van der Waals surface area contributed by atoms with Crippen LogP contribution in [0.1, 0.15) is 45.4 Å². The number of rotatable bonds is 8. The van der Waals surface area contributed by atoms with Gasteiger partial charge >= 0.3 is 12.2 Å². The summed E-state index contributed by atoms with van der Waals surface area (Å²) in [6.07, 6.45) is 5.02. The molecule has 110 valence electrons. The quantitative estimate of drug-likeness (QED) is 0.383. The van der Waals surface area contributed by atoms with Gasteiger partial charge in [-0.3, -0.25) is 0 Å². The second kappa shape index (κ2) is 11.8. The third kappa shape index (κ3) is 13.0. The first-order chi connectivity index (χ1) is 9.06. The summed E-state index contributed by atoms with van der Waals surface area (Å²) in [5, 5.41) is 6.26. The minimum absolute atomic E-state index is 0.317. The molecule has 0 fully saturated rings. The molecule has 0 saturated carbocycles. The average molecular weight is 288 g/mol. The number of azo groups is 1. The summed E-state index contributed by atoms with van der Waals surface area (Å²) in [6, 6.07) is 0. The summed E-state index contributed by atoms with van der Waals surface area (Å²) < 4.78 is 9.62. The van der Waals surface area contributed by atoms with Crippen LogP contribution < -0.4 is 0 Å². The van der Waals surface area contributed by atoms with Gasteiger partial charge in [0.2, 0.25) is 9.04 Å². The van der Waals surface area contributed by atoms with Crippen molar-refractivity contribution in [1.82, 2.24) is 0 Å². The van der Waals surface area contributed by atoms with E-state index in [1.54, 1.807) is 0 Å². The highest BCUT2D eigenvalue weighted by molar-refractivity contribution is 6.50. The van der Waals surface area contributed by atoms with Gasteiger partial charge in [-0.15, -0.1) is 0 Å².